The maximum atomic E-state index is 11.9. The minimum absolute atomic E-state index is 0.0443. The van der Waals surface area contributed by atoms with Gasteiger partial charge in [0.2, 0.25) is 0 Å². The Labute approximate surface area is 132 Å². The lowest BCUT2D eigenvalue weighted by Gasteiger charge is -2.06. The smallest absolute Gasteiger partial charge is 0.350 e. The number of hydrazine groups is 1. The summed E-state index contributed by atoms with van der Waals surface area (Å²) >= 11 is 0. The highest BCUT2D eigenvalue weighted by molar-refractivity contribution is 5.92. The van der Waals surface area contributed by atoms with E-state index in [1.807, 2.05) is 24.3 Å². The van der Waals surface area contributed by atoms with Crippen LogP contribution in [0.25, 0.3) is 11.0 Å². The van der Waals surface area contributed by atoms with E-state index in [1.54, 1.807) is 23.9 Å². The number of imidazole rings is 1. The largest absolute Gasteiger partial charge is 0.462 e. The van der Waals surface area contributed by atoms with Crippen LogP contribution in [-0.4, -0.2) is 28.0 Å². The summed E-state index contributed by atoms with van der Waals surface area (Å²) in [6, 6.07) is 9.12. The van der Waals surface area contributed by atoms with Crippen LogP contribution in [0.5, 0.6) is 0 Å². The molecule has 2 N–H and O–H groups in total. The normalized spacial score (nSPS) is 10.9. The number of amides is 1. The van der Waals surface area contributed by atoms with E-state index < -0.39 is 5.97 Å². The predicted octanol–water partition coefficient (Wildman–Crippen LogP) is 0.628. The van der Waals surface area contributed by atoms with Crippen molar-refractivity contribution >= 4 is 22.9 Å². The summed E-state index contributed by atoms with van der Waals surface area (Å²) in [6.07, 6.45) is 2.65. The zero-order valence-corrected chi connectivity index (χ0v) is 12.4. The molecule has 0 bridgehead atoms. The minimum Gasteiger partial charge on any atom is -0.462 e. The summed E-state index contributed by atoms with van der Waals surface area (Å²) in [4.78, 5) is 27.4. The van der Waals surface area contributed by atoms with Crippen molar-refractivity contribution in [2.45, 2.75) is 13.5 Å². The molecule has 2 rings (SSSR count). The van der Waals surface area contributed by atoms with Crippen LogP contribution in [0.1, 0.15) is 6.92 Å². The number of carbonyl (C=O) groups excluding carboxylic acids is 2. The average Bonchev–Trinajstić information content (AvgIpc) is 2.95. The molecule has 1 amide bonds. The van der Waals surface area contributed by atoms with Gasteiger partial charge in [0.15, 0.2) is 5.57 Å². The van der Waals surface area contributed by atoms with Crippen LogP contribution >= 0.6 is 0 Å². The fourth-order valence-electron chi connectivity index (χ4n) is 1.86. The third kappa shape index (κ3) is 4.07. The first kappa shape index (κ1) is 16.0. The summed E-state index contributed by atoms with van der Waals surface area (Å²) in [6.45, 7) is 1.85. The molecule has 0 spiro atoms. The lowest BCUT2D eigenvalue weighted by Crippen LogP contribution is -2.36. The summed E-state index contributed by atoms with van der Waals surface area (Å²) in [7, 11) is 0. The van der Waals surface area contributed by atoms with Crippen LogP contribution in [-0.2, 0) is 20.9 Å². The molecular weight excluding hydrogens is 298 g/mol. The van der Waals surface area contributed by atoms with Crippen molar-refractivity contribution in [3.8, 4) is 6.07 Å². The molecule has 0 radical (unpaired) electrons. The second-order valence-corrected chi connectivity index (χ2v) is 4.44. The Morgan fingerprint density at radius 1 is 1.43 bits per heavy atom. The Kier molecular flexibility index (Phi) is 5.30. The number of rotatable bonds is 6. The van der Waals surface area contributed by atoms with Crippen LogP contribution in [0, 0.1) is 11.3 Å². The van der Waals surface area contributed by atoms with Gasteiger partial charge >= 0.3 is 5.97 Å². The summed E-state index contributed by atoms with van der Waals surface area (Å²) in [5.41, 5.74) is 6.19. The fraction of sp³-hybridized carbons (Fsp3) is 0.200. The van der Waals surface area contributed by atoms with Gasteiger partial charge in [0.05, 0.1) is 24.0 Å². The molecule has 8 nitrogen and oxygen atoms in total. The molecule has 0 saturated heterocycles. The van der Waals surface area contributed by atoms with Gasteiger partial charge in [-0.25, -0.2) is 9.78 Å². The fourth-order valence-corrected chi connectivity index (χ4v) is 1.86. The van der Waals surface area contributed by atoms with E-state index in [0.29, 0.717) is 0 Å². The Morgan fingerprint density at radius 2 is 2.22 bits per heavy atom. The number of benzene rings is 1. The number of nitriles is 1. The van der Waals surface area contributed by atoms with Gasteiger partial charge in [0.25, 0.3) is 5.91 Å². The van der Waals surface area contributed by atoms with E-state index in [-0.39, 0.29) is 24.6 Å². The molecule has 0 unspecified atom stereocenters. The molecule has 0 aliphatic carbocycles. The summed E-state index contributed by atoms with van der Waals surface area (Å²) in [5.74, 6) is -1.11. The van der Waals surface area contributed by atoms with E-state index in [1.165, 1.54) is 0 Å². The van der Waals surface area contributed by atoms with Crippen molar-refractivity contribution in [1.29, 1.82) is 5.26 Å². The van der Waals surface area contributed by atoms with Crippen LogP contribution in [0.15, 0.2) is 42.4 Å². The first-order valence-electron chi connectivity index (χ1n) is 6.87. The molecular formula is C15H15N5O3. The summed E-state index contributed by atoms with van der Waals surface area (Å²) in [5, 5.41) is 8.83. The molecule has 1 aromatic carbocycles. The van der Waals surface area contributed by atoms with E-state index in [4.69, 9.17) is 10.00 Å². The van der Waals surface area contributed by atoms with Crippen molar-refractivity contribution in [2.75, 3.05) is 6.61 Å². The van der Waals surface area contributed by atoms with Gasteiger partial charge in [0.1, 0.15) is 12.6 Å². The van der Waals surface area contributed by atoms with Gasteiger partial charge in [0, 0.05) is 6.20 Å². The first-order chi connectivity index (χ1) is 11.2. The first-order valence-corrected chi connectivity index (χ1v) is 6.87. The van der Waals surface area contributed by atoms with Crippen molar-refractivity contribution in [3.05, 3.63) is 42.4 Å². The maximum Gasteiger partial charge on any atom is 0.350 e. The Hall–Kier alpha value is -3.34. The molecule has 8 heteroatoms. The van der Waals surface area contributed by atoms with Crippen LogP contribution in [0.3, 0.4) is 0 Å². The Balaban J connectivity index is 1.93. The number of ether oxygens (including phenoxy) is 1. The van der Waals surface area contributed by atoms with Crippen LogP contribution in [0.4, 0.5) is 0 Å². The van der Waals surface area contributed by atoms with Crippen LogP contribution in [0.2, 0.25) is 0 Å². The average molecular weight is 313 g/mol. The van der Waals surface area contributed by atoms with Crippen LogP contribution < -0.4 is 10.9 Å². The lowest BCUT2D eigenvalue weighted by molar-refractivity contribution is -0.138. The van der Waals surface area contributed by atoms with Gasteiger partial charge in [-0.15, -0.1) is 0 Å². The van der Waals surface area contributed by atoms with E-state index in [0.717, 1.165) is 17.2 Å². The number of nitrogens with one attached hydrogen (secondary N) is 2. The molecule has 0 aliphatic heterocycles. The number of nitrogens with zero attached hydrogens (tertiary/aromatic N) is 3. The second kappa shape index (κ2) is 7.61. The molecule has 0 saturated carbocycles. The highest BCUT2D eigenvalue weighted by Gasteiger charge is 2.10. The number of aromatic nitrogens is 2. The van der Waals surface area contributed by atoms with Gasteiger partial charge in [-0.05, 0) is 19.1 Å². The number of esters is 1. The maximum absolute atomic E-state index is 11.9. The molecule has 23 heavy (non-hydrogen) atoms. The van der Waals surface area contributed by atoms with Gasteiger partial charge in [-0.3, -0.25) is 10.2 Å². The Bertz CT molecular complexity index is 788. The predicted molar refractivity (Wildman–Crippen MR) is 81.3 cm³/mol. The quantitative estimate of drug-likeness (QED) is 0.350. The molecule has 0 fully saturated rings. The molecule has 0 atom stereocenters. The third-order valence-corrected chi connectivity index (χ3v) is 2.89. The number of para-hydroxylation sites is 2. The number of hydrogen-bond donors (Lipinski definition) is 2. The highest BCUT2D eigenvalue weighted by Crippen LogP contribution is 2.11. The zero-order chi connectivity index (χ0) is 16.7. The number of fused-ring (bicyclic) bond motifs is 1. The molecule has 118 valence electrons. The lowest BCUT2D eigenvalue weighted by atomic mass is 10.3. The van der Waals surface area contributed by atoms with Gasteiger partial charge in [-0.2, -0.15) is 5.26 Å². The van der Waals surface area contributed by atoms with E-state index >= 15 is 0 Å². The van der Waals surface area contributed by atoms with Gasteiger partial charge in [-0.1, -0.05) is 12.1 Å². The standard InChI is InChI=1S/C15H15N5O3/c1-2-23-15(22)11(7-16)8-18-19-14(21)9-20-10-17-12-5-3-4-6-13(12)20/h3-6,8,10,18H,2,9H2,1H3,(H,19,21)/b11-8+. The van der Waals surface area contributed by atoms with Crippen molar-refractivity contribution in [3.63, 3.8) is 0 Å². The monoisotopic (exact) mass is 313 g/mol. The number of carbonyl (C=O) groups is 2. The molecule has 1 aromatic heterocycles. The number of hydrogen-bond acceptors (Lipinski definition) is 6. The second-order valence-electron chi connectivity index (χ2n) is 4.44. The Morgan fingerprint density at radius 3 is 2.96 bits per heavy atom. The van der Waals surface area contributed by atoms with Crippen molar-refractivity contribution in [2.24, 2.45) is 0 Å². The van der Waals surface area contributed by atoms with Gasteiger partial charge < -0.3 is 14.7 Å². The summed E-state index contributed by atoms with van der Waals surface area (Å²) < 4.78 is 6.38. The minimum atomic E-state index is -0.752. The topological polar surface area (TPSA) is 109 Å². The van der Waals surface area contributed by atoms with Crippen molar-refractivity contribution < 1.29 is 14.3 Å². The third-order valence-electron chi connectivity index (χ3n) is 2.89. The zero-order valence-electron chi connectivity index (χ0n) is 12.4. The molecule has 0 aliphatic rings. The highest BCUT2D eigenvalue weighted by atomic mass is 16.5. The molecule has 1 heterocycles. The molecule has 2 aromatic rings. The van der Waals surface area contributed by atoms with Crippen molar-refractivity contribution in [1.82, 2.24) is 20.4 Å². The SMILES string of the molecule is CCOC(=O)/C(C#N)=C/NNC(=O)Cn1cnc2ccccc21. The van der Waals surface area contributed by atoms with E-state index in [2.05, 4.69) is 15.8 Å². The van der Waals surface area contributed by atoms with E-state index in [9.17, 15) is 9.59 Å².